The Morgan fingerprint density at radius 3 is 2.14 bits per heavy atom. The number of phosphoric acid groups is 2. The summed E-state index contributed by atoms with van der Waals surface area (Å²) >= 11 is 0. The van der Waals surface area contributed by atoms with Crippen molar-refractivity contribution in [1.29, 1.82) is 0 Å². The van der Waals surface area contributed by atoms with E-state index in [1.165, 1.54) is 0 Å². The van der Waals surface area contributed by atoms with Gasteiger partial charge in [-0.1, -0.05) is 0 Å². The molecule has 3 aliphatic rings. The molecule has 1 radical (unpaired) electrons. The van der Waals surface area contributed by atoms with E-state index in [1.807, 2.05) is 5.32 Å². The number of aliphatic hydroxyl groups is 6. The van der Waals surface area contributed by atoms with Gasteiger partial charge in [-0.3, -0.25) is 24.1 Å². The first-order chi connectivity index (χ1) is 16.7. The van der Waals surface area contributed by atoms with Crippen LogP contribution in [0.1, 0.15) is 6.42 Å². The van der Waals surface area contributed by atoms with Crippen LogP contribution in [0.5, 0.6) is 0 Å². The molecule has 3 saturated heterocycles. The number of amides is 3. The van der Waals surface area contributed by atoms with E-state index >= 15 is 0 Å². The van der Waals surface area contributed by atoms with E-state index in [-0.39, 0.29) is 42.5 Å². The molecule has 0 aliphatic carbocycles. The normalized spacial score (nSPS) is 39.9. The zero-order valence-corrected chi connectivity index (χ0v) is 22.9. The molecule has 3 heterocycles. The average molecular weight is 591 g/mol. The Hall–Kier alpha value is -0.120. The minimum atomic E-state index is -5.58. The van der Waals surface area contributed by atoms with Crippen LogP contribution in [0.2, 0.25) is 0 Å². The largest absolute Gasteiger partial charge is 0.483 e. The maximum absolute atomic E-state index is 12.2. The molecule has 0 aromatic rings. The van der Waals surface area contributed by atoms with E-state index in [9.17, 15) is 54.0 Å². The summed E-state index contributed by atoms with van der Waals surface area (Å²) in [5.41, 5.74) is 0. The number of hydrogen-bond donors (Lipinski definition) is 9. The number of carbonyl (C=O) groups excluding carboxylic acids is 2. The molecular weight excluding hydrogens is 565 g/mol. The Labute approximate surface area is 230 Å². The van der Waals surface area contributed by atoms with E-state index in [2.05, 4.69) is 13.4 Å². The summed E-state index contributed by atoms with van der Waals surface area (Å²) in [7, 11) is -11.1. The van der Waals surface area contributed by atoms with Crippen LogP contribution in [-0.4, -0.2) is 162 Å². The number of aliphatic hydroxyl groups excluding tert-OH is 6. The van der Waals surface area contributed by atoms with Crippen molar-refractivity contribution in [2.45, 2.75) is 61.7 Å². The van der Waals surface area contributed by atoms with Crippen molar-refractivity contribution in [1.82, 2.24) is 10.2 Å². The van der Waals surface area contributed by atoms with Crippen molar-refractivity contribution in [3.8, 4) is 0 Å². The third-order valence-electron chi connectivity index (χ3n) is 5.43. The molecule has 9 N–H and O–H groups in total. The fourth-order valence-corrected chi connectivity index (χ4v) is 5.73. The van der Waals surface area contributed by atoms with Crippen LogP contribution in [-0.2, 0) is 36.8 Å². The van der Waals surface area contributed by atoms with E-state index < -0.39 is 96.0 Å². The maximum atomic E-state index is 12.2. The Balaban J connectivity index is 0.00000481. The number of hydrogen-bond acceptors (Lipinski definition) is 15. The van der Waals surface area contributed by atoms with Crippen molar-refractivity contribution in [2.75, 3.05) is 19.8 Å². The van der Waals surface area contributed by atoms with Gasteiger partial charge in [0.05, 0.1) is 13.2 Å². The second-order valence-corrected chi connectivity index (χ2v) is 11.0. The summed E-state index contributed by atoms with van der Waals surface area (Å²) in [5.74, 6) is -0.568. The Morgan fingerprint density at radius 1 is 0.919 bits per heavy atom. The van der Waals surface area contributed by atoms with Crippen LogP contribution in [0.4, 0.5) is 4.79 Å². The summed E-state index contributed by atoms with van der Waals surface area (Å²) in [6.45, 7) is -2.05. The molecule has 3 fully saturated rings. The summed E-state index contributed by atoms with van der Waals surface area (Å²) in [4.78, 5) is 43.7. The number of imide groups is 1. The van der Waals surface area contributed by atoms with Crippen molar-refractivity contribution in [3.63, 3.8) is 0 Å². The van der Waals surface area contributed by atoms with E-state index in [4.69, 9.17) is 14.6 Å². The molecular formula is C15H26N2NaO17P2. The summed E-state index contributed by atoms with van der Waals surface area (Å²) in [6.07, 6.45) is -16.2. The van der Waals surface area contributed by atoms with Gasteiger partial charge in [0.1, 0.15) is 42.7 Å². The Morgan fingerprint density at radius 2 is 1.54 bits per heavy atom. The van der Waals surface area contributed by atoms with Gasteiger partial charge in [0, 0.05) is 42.5 Å². The van der Waals surface area contributed by atoms with Crippen LogP contribution in [0.15, 0.2) is 0 Å². The van der Waals surface area contributed by atoms with Crippen LogP contribution in [0.3, 0.4) is 0 Å². The first-order valence-electron chi connectivity index (χ1n) is 10.3. The van der Waals surface area contributed by atoms with Crippen molar-refractivity contribution in [3.05, 3.63) is 0 Å². The molecule has 3 aliphatic heterocycles. The number of nitrogens with zero attached hydrogens (tertiary/aromatic N) is 1. The van der Waals surface area contributed by atoms with Crippen molar-refractivity contribution in [2.24, 2.45) is 0 Å². The third-order valence-corrected chi connectivity index (χ3v) is 8.03. The van der Waals surface area contributed by atoms with Crippen LogP contribution < -0.4 is 5.32 Å². The number of carbonyl (C=O) groups is 2. The number of nitrogens with one attached hydrogen (secondary N) is 1. The second-order valence-electron chi connectivity index (χ2n) is 7.96. The molecule has 2 unspecified atom stereocenters. The van der Waals surface area contributed by atoms with Gasteiger partial charge in [-0.2, -0.15) is 4.31 Å². The van der Waals surface area contributed by atoms with Crippen LogP contribution in [0, 0.1) is 0 Å². The first-order valence-corrected chi connectivity index (χ1v) is 13.3. The predicted octanol–water partition coefficient (Wildman–Crippen LogP) is -4.96. The van der Waals surface area contributed by atoms with Crippen molar-refractivity contribution < 1.29 is 82.0 Å². The van der Waals surface area contributed by atoms with E-state index in [0.29, 0.717) is 0 Å². The minimum Gasteiger partial charge on any atom is -0.394 e. The molecule has 0 aromatic carbocycles. The molecule has 0 saturated carbocycles. The average Bonchev–Trinajstić information content (AvgIpc) is 3.06. The van der Waals surface area contributed by atoms with E-state index in [0.717, 1.165) is 4.90 Å². The SMILES string of the molecule is O=C1CCN([C@@H]2O[C@H](COP(=O)(O)OP(=O)(O)O[C@H]3O[C@H](CO)[C@@H](O)[C@H](O)[C@H]3O)[C@@H](O)[C@H]2O)C(=O)N1.[Na]. The van der Waals surface area contributed by atoms with Gasteiger partial charge in [-0.25, -0.2) is 13.9 Å². The number of phosphoric ester groups is 2. The molecule has 22 heteroatoms. The zero-order chi connectivity index (χ0) is 27.0. The monoisotopic (exact) mass is 591 g/mol. The van der Waals surface area contributed by atoms with Crippen LogP contribution >= 0.6 is 15.6 Å². The topological polar surface area (TPSA) is 292 Å². The van der Waals surface area contributed by atoms with Crippen molar-refractivity contribution >= 4 is 57.1 Å². The molecule has 0 aromatic heterocycles. The molecule has 3 rings (SSSR count). The Bertz CT molecular complexity index is 927. The molecule has 0 spiro atoms. The summed E-state index contributed by atoms with van der Waals surface area (Å²) < 4.78 is 47.5. The fraction of sp³-hybridized carbons (Fsp3) is 0.867. The van der Waals surface area contributed by atoms with Gasteiger partial charge < -0.3 is 49.9 Å². The molecule has 3 amide bonds. The van der Waals surface area contributed by atoms with Gasteiger partial charge in [0.15, 0.2) is 12.5 Å². The summed E-state index contributed by atoms with van der Waals surface area (Å²) in [5, 5.41) is 60.6. The van der Waals surface area contributed by atoms with Gasteiger partial charge >= 0.3 is 21.7 Å². The number of urea groups is 1. The molecule has 11 atom stereocenters. The standard InChI is InChI=1S/C15H26N2O17P2.Na/c18-3-5-8(20)10(22)12(24)14(32-5)33-36(28,29)34-35(26,27)30-4-6-9(21)11(23)13(31-6)17-2-1-7(19)16-15(17)25;/h5-6,8-14,18,20-24H,1-4H2,(H,26,27)(H,28,29)(H,16,19,25);/t5-,6-,8-,9-,10+,11-,12-,13-,14-;/m1./s1. The first kappa shape index (κ1) is 33.1. The van der Waals surface area contributed by atoms with E-state index in [1.54, 1.807) is 0 Å². The molecule has 0 bridgehead atoms. The molecule has 19 nitrogen and oxygen atoms in total. The fourth-order valence-electron chi connectivity index (χ4n) is 3.57. The van der Waals surface area contributed by atoms with Gasteiger partial charge in [-0.05, 0) is 0 Å². The van der Waals surface area contributed by atoms with Crippen LogP contribution in [0.25, 0.3) is 0 Å². The smallest absolute Gasteiger partial charge is 0.394 e. The predicted molar refractivity (Wildman–Crippen MR) is 113 cm³/mol. The number of rotatable bonds is 9. The molecule has 37 heavy (non-hydrogen) atoms. The quantitative estimate of drug-likeness (QED) is 0.0896. The van der Waals surface area contributed by atoms with Gasteiger partial charge in [-0.15, -0.1) is 0 Å². The van der Waals surface area contributed by atoms with Gasteiger partial charge in [0.2, 0.25) is 5.91 Å². The zero-order valence-electron chi connectivity index (χ0n) is 19.1. The minimum absolute atomic E-state index is 0. The molecule has 209 valence electrons. The second kappa shape index (κ2) is 13.0. The Kier molecular flexibility index (Phi) is 11.7. The number of ether oxygens (including phenoxy) is 2. The third kappa shape index (κ3) is 7.97. The maximum Gasteiger partial charge on any atom is 0.483 e. The summed E-state index contributed by atoms with van der Waals surface area (Å²) in [6, 6.07) is -0.910. The van der Waals surface area contributed by atoms with Gasteiger partial charge in [0.25, 0.3) is 0 Å².